The monoisotopic (exact) mass is 449 g/mol. The summed E-state index contributed by atoms with van der Waals surface area (Å²) in [6, 6.07) is 10.8. The highest BCUT2D eigenvalue weighted by atomic mass is 35.5. The van der Waals surface area contributed by atoms with Gasteiger partial charge in [-0.15, -0.1) is 10.2 Å². The van der Waals surface area contributed by atoms with Gasteiger partial charge in [0, 0.05) is 17.6 Å². The topological polar surface area (TPSA) is 48.0 Å². The summed E-state index contributed by atoms with van der Waals surface area (Å²) in [6.07, 6.45) is -0.547. The van der Waals surface area contributed by atoms with Crippen LogP contribution in [0.5, 0.6) is 0 Å². The van der Waals surface area contributed by atoms with Crippen molar-refractivity contribution in [2.75, 3.05) is 0 Å². The molecule has 4 aromatic rings. The number of pyridine rings is 1. The average molecular weight is 450 g/mol. The summed E-state index contributed by atoms with van der Waals surface area (Å²) in [4.78, 5) is 0. The molecule has 1 aliphatic carbocycles. The molecule has 0 N–H and O–H groups in total. The maximum atomic E-state index is 13.2. The molecule has 30 heavy (non-hydrogen) atoms. The summed E-state index contributed by atoms with van der Waals surface area (Å²) in [5.41, 5.74) is 3.70. The molecule has 1 aliphatic rings. The van der Waals surface area contributed by atoms with Crippen LogP contribution in [0.15, 0.2) is 47.8 Å². The number of aromatic nitrogens is 5. The fourth-order valence-corrected chi connectivity index (χ4v) is 4.85. The van der Waals surface area contributed by atoms with E-state index in [1.54, 1.807) is 0 Å². The molecule has 0 saturated carbocycles. The van der Waals surface area contributed by atoms with Crippen molar-refractivity contribution in [2.24, 2.45) is 0 Å². The Morgan fingerprint density at radius 1 is 1.10 bits per heavy atom. The van der Waals surface area contributed by atoms with Crippen molar-refractivity contribution < 1.29 is 13.2 Å². The minimum Gasteiger partial charge on any atom is -0.276 e. The molecule has 0 amide bonds. The van der Waals surface area contributed by atoms with E-state index >= 15 is 0 Å². The van der Waals surface area contributed by atoms with E-state index in [-0.39, 0.29) is 10.7 Å². The zero-order valence-corrected chi connectivity index (χ0v) is 17.1. The summed E-state index contributed by atoms with van der Waals surface area (Å²) in [6.45, 7) is 0. The number of halogens is 4. The minimum absolute atomic E-state index is 0.0848. The van der Waals surface area contributed by atoms with Crippen LogP contribution in [-0.4, -0.2) is 24.4 Å². The lowest BCUT2D eigenvalue weighted by molar-refractivity contribution is -0.137. The van der Waals surface area contributed by atoms with Gasteiger partial charge in [0.1, 0.15) is 0 Å². The molecule has 0 fully saturated rings. The van der Waals surface area contributed by atoms with Gasteiger partial charge in [0.2, 0.25) is 0 Å². The predicted octanol–water partition coefficient (Wildman–Crippen LogP) is 5.37. The maximum absolute atomic E-state index is 13.2. The molecule has 0 saturated heterocycles. The molecule has 3 heterocycles. The minimum atomic E-state index is -4.50. The Balaban J connectivity index is 1.47. The Morgan fingerprint density at radius 3 is 2.67 bits per heavy atom. The van der Waals surface area contributed by atoms with Gasteiger partial charge in [0.15, 0.2) is 10.8 Å². The SMILES string of the molecule is FC(F)(F)c1cc(Cl)c2nnc(SCc3nn(-c4ccccc4)c4c3CCC4)n2c1. The molecule has 0 bridgehead atoms. The Morgan fingerprint density at radius 2 is 1.90 bits per heavy atom. The van der Waals surface area contributed by atoms with Gasteiger partial charge >= 0.3 is 6.18 Å². The van der Waals surface area contributed by atoms with Crippen LogP contribution in [0.3, 0.4) is 0 Å². The highest BCUT2D eigenvalue weighted by Crippen LogP contribution is 2.35. The average Bonchev–Trinajstić information content (AvgIpc) is 3.42. The molecule has 0 aliphatic heterocycles. The lowest BCUT2D eigenvalue weighted by atomic mass is 10.2. The van der Waals surface area contributed by atoms with Crippen molar-refractivity contribution in [1.82, 2.24) is 24.4 Å². The van der Waals surface area contributed by atoms with E-state index in [0.717, 1.165) is 42.9 Å². The van der Waals surface area contributed by atoms with Crippen molar-refractivity contribution in [3.05, 3.63) is 70.1 Å². The van der Waals surface area contributed by atoms with Gasteiger partial charge in [-0.3, -0.25) is 4.40 Å². The summed E-state index contributed by atoms with van der Waals surface area (Å²) in [7, 11) is 0. The van der Waals surface area contributed by atoms with Crippen molar-refractivity contribution in [3.8, 4) is 5.69 Å². The van der Waals surface area contributed by atoms with E-state index in [2.05, 4.69) is 10.2 Å². The Kier molecular flexibility index (Phi) is 4.74. The van der Waals surface area contributed by atoms with Gasteiger partial charge in [-0.25, -0.2) is 4.68 Å². The molecule has 0 radical (unpaired) electrons. The van der Waals surface area contributed by atoms with Gasteiger partial charge in [0.05, 0.1) is 22.0 Å². The van der Waals surface area contributed by atoms with E-state index < -0.39 is 11.7 Å². The molecule has 5 nitrogen and oxygen atoms in total. The van der Waals surface area contributed by atoms with E-state index in [9.17, 15) is 13.2 Å². The molecular weight excluding hydrogens is 435 g/mol. The van der Waals surface area contributed by atoms with Gasteiger partial charge in [-0.05, 0) is 43.0 Å². The van der Waals surface area contributed by atoms with E-state index in [1.165, 1.54) is 27.4 Å². The summed E-state index contributed by atoms with van der Waals surface area (Å²) in [5.74, 6) is 0.483. The van der Waals surface area contributed by atoms with Crippen LogP contribution in [0, 0.1) is 0 Å². The first-order chi connectivity index (χ1) is 14.4. The van der Waals surface area contributed by atoms with Crippen molar-refractivity contribution in [1.29, 1.82) is 0 Å². The van der Waals surface area contributed by atoms with Gasteiger partial charge < -0.3 is 0 Å². The van der Waals surface area contributed by atoms with E-state index in [1.807, 2.05) is 35.0 Å². The first-order valence-corrected chi connectivity index (χ1v) is 10.7. The number of thioether (sulfide) groups is 1. The number of alkyl halides is 3. The van der Waals surface area contributed by atoms with Crippen LogP contribution in [0.1, 0.15) is 28.9 Å². The fourth-order valence-electron chi connectivity index (χ4n) is 3.73. The second kappa shape index (κ2) is 7.31. The van der Waals surface area contributed by atoms with E-state index in [4.69, 9.17) is 16.7 Å². The lowest BCUT2D eigenvalue weighted by Gasteiger charge is -2.08. The number of fused-ring (bicyclic) bond motifs is 2. The first-order valence-electron chi connectivity index (χ1n) is 9.31. The Hall–Kier alpha value is -2.52. The second-order valence-corrected chi connectivity index (χ2v) is 8.36. The number of benzene rings is 1. The van der Waals surface area contributed by atoms with Gasteiger partial charge in [0.25, 0.3) is 0 Å². The van der Waals surface area contributed by atoms with Crippen LogP contribution >= 0.6 is 23.4 Å². The molecule has 154 valence electrons. The summed E-state index contributed by atoms with van der Waals surface area (Å²) < 4.78 is 42.8. The fraction of sp³-hybridized carbons (Fsp3) is 0.250. The number of rotatable bonds is 4. The quantitative estimate of drug-likeness (QED) is 0.393. The first kappa shape index (κ1) is 19.4. The second-order valence-electron chi connectivity index (χ2n) is 7.01. The summed E-state index contributed by atoms with van der Waals surface area (Å²) in [5, 5.41) is 13.0. The van der Waals surface area contributed by atoms with Crippen LogP contribution in [0.25, 0.3) is 11.3 Å². The largest absolute Gasteiger partial charge is 0.417 e. The van der Waals surface area contributed by atoms with E-state index in [0.29, 0.717) is 10.9 Å². The molecule has 0 spiro atoms. The number of nitrogens with zero attached hydrogens (tertiary/aromatic N) is 5. The molecule has 5 rings (SSSR count). The van der Waals surface area contributed by atoms with Crippen LogP contribution in [0.4, 0.5) is 13.2 Å². The van der Waals surface area contributed by atoms with Crippen LogP contribution < -0.4 is 0 Å². The number of hydrogen-bond donors (Lipinski definition) is 0. The molecule has 3 aromatic heterocycles. The normalized spacial score (nSPS) is 13.9. The van der Waals surface area contributed by atoms with Crippen molar-refractivity contribution in [2.45, 2.75) is 36.3 Å². The Bertz CT molecular complexity index is 1230. The molecule has 1 aromatic carbocycles. The standard InChI is InChI=1S/C20H15ClF3N5S/c21-15-9-12(20(22,23)24)10-28-18(15)25-26-19(28)30-11-16-14-7-4-8-17(14)29(27-16)13-5-2-1-3-6-13/h1-3,5-6,9-10H,4,7-8,11H2. The number of hydrogen-bond acceptors (Lipinski definition) is 4. The molecule has 0 unspecified atom stereocenters. The molecular formula is C20H15ClF3N5S. The smallest absolute Gasteiger partial charge is 0.276 e. The van der Waals surface area contributed by atoms with Crippen LogP contribution in [0.2, 0.25) is 5.02 Å². The highest BCUT2D eigenvalue weighted by Gasteiger charge is 2.32. The van der Waals surface area contributed by atoms with Gasteiger partial charge in [-0.2, -0.15) is 18.3 Å². The van der Waals surface area contributed by atoms with Crippen molar-refractivity contribution in [3.63, 3.8) is 0 Å². The lowest BCUT2D eigenvalue weighted by Crippen LogP contribution is -2.07. The van der Waals surface area contributed by atoms with Crippen LogP contribution in [-0.2, 0) is 24.8 Å². The number of para-hydroxylation sites is 1. The van der Waals surface area contributed by atoms with Gasteiger partial charge in [-0.1, -0.05) is 41.6 Å². The maximum Gasteiger partial charge on any atom is 0.417 e. The van der Waals surface area contributed by atoms with Crippen molar-refractivity contribution >= 4 is 29.0 Å². The molecule has 10 heteroatoms. The molecule has 0 atom stereocenters. The Labute approximate surface area is 178 Å². The highest BCUT2D eigenvalue weighted by molar-refractivity contribution is 7.98. The zero-order valence-electron chi connectivity index (χ0n) is 15.5. The zero-order chi connectivity index (χ0) is 20.9. The third-order valence-electron chi connectivity index (χ3n) is 5.11. The predicted molar refractivity (Wildman–Crippen MR) is 108 cm³/mol. The third-order valence-corrected chi connectivity index (χ3v) is 6.34. The third kappa shape index (κ3) is 3.35. The summed E-state index contributed by atoms with van der Waals surface area (Å²) >= 11 is 7.30.